The predicted octanol–water partition coefficient (Wildman–Crippen LogP) is 6.23. The molecule has 28 heteroatoms. The van der Waals surface area contributed by atoms with E-state index >= 15 is 0 Å². The van der Waals surface area contributed by atoms with E-state index in [1.54, 1.807) is 60.1 Å². The zero-order valence-corrected chi connectivity index (χ0v) is 63.4. The van der Waals surface area contributed by atoms with Gasteiger partial charge in [-0.25, -0.2) is 14.8 Å². The number of hydrogen-bond acceptors (Lipinski definition) is 19. The number of rotatable bonds is 26. The first-order chi connectivity index (χ1) is 51.9. The first kappa shape index (κ1) is 81.0. The Hall–Kier alpha value is -11.1. The minimum atomic E-state index is -1.01. The van der Waals surface area contributed by atoms with Crippen molar-refractivity contribution in [2.24, 2.45) is 5.92 Å². The number of hydroxylamine groups is 2. The number of amides is 6. The average Bonchev–Trinajstić information content (AvgIpc) is 1.69. The van der Waals surface area contributed by atoms with Gasteiger partial charge in [0.25, 0.3) is 35.4 Å². The Bertz CT molecular complexity index is 4130. The van der Waals surface area contributed by atoms with Gasteiger partial charge in [0.1, 0.15) is 53.9 Å². The number of quaternary nitrogens is 2. The molecule has 0 saturated carbocycles. The molecular formula is C80H101N17O11. The number of ether oxygens (including phenoxy) is 1. The largest absolute Gasteiger partial charge is 0.875 e. The second-order valence-electron chi connectivity index (χ2n) is 28.5. The monoisotopic (exact) mass is 1480 g/mol. The number of likely N-dealkylation sites (N-methyl/N-ethyl adjacent to an activating group) is 1. The Balaban J connectivity index is 0.000000193. The minimum absolute atomic E-state index is 0.0195. The lowest BCUT2D eigenvalue weighted by Crippen LogP contribution is -2.47. The van der Waals surface area contributed by atoms with Crippen molar-refractivity contribution in [1.29, 1.82) is 0 Å². The molecule has 1 saturated heterocycles. The summed E-state index contributed by atoms with van der Waals surface area (Å²) in [7, 11) is 8.90. The van der Waals surface area contributed by atoms with Crippen LogP contribution >= 0.6 is 0 Å². The van der Waals surface area contributed by atoms with Crippen LogP contribution in [0.3, 0.4) is 0 Å². The van der Waals surface area contributed by atoms with Crippen LogP contribution in [0.1, 0.15) is 153 Å². The number of pyridine rings is 2. The lowest BCUT2D eigenvalue weighted by molar-refractivity contribution is -0.904. The highest BCUT2D eigenvalue weighted by molar-refractivity contribution is 6.02. The zero-order valence-electron chi connectivity index (χ0n) is 63.4. The van der Waals surface area contributed by atoms with E-state index in [0.717, 1.165) is 100 Å². The van der Waals surface area contributed by atoms with Crippen LogP contribution in [0.25, 0.3) is 5.57 Å². The Morgan fingerprint density at radius 3 is 1.35 bits per heavy atom. The molecule has 2 atom stereocenters. The highest BCUT2D eigenvalue weighted by Crippen LogP contribution is 2.37. The average molecular weight is 1480 g/mol. The molecule has 4 N–H and O–H groups in total. The van der Waals surface area contributed by atoms with Crippen LogP contribution < -0.4 is 41.3 Å². The molecule has 8 aromatic rings. The third kappa shape index (κ3) is 24.0. The van der Waals surface area contributed by atoms with E-state index in [0.29, 0.717) is 35.8 Å². The van der Waals surface area contributed by atoms with Gasteiger partial charge in [0.05, 0.1) is 73.4 Å². The lowest BCUT2D eigenvalue weighted by atomic mass is 9.78. The number of nitrogens with zero attached hydrogens (tertiary/aromatic N) is 13. The highest BCUT2D eigenvalue weighted by Gasteiger charge is 2.33. The van der Waals surface area contributed by atoms with Gasteiger partial charge in [0.15, 0.2) is 0 Å². The van der Waals surface area contributed by atoms with E-state index in [4.69, 9.17) is 9.57 Å². The second kappa shape index (κ2) is 39.0. The van der Waals surface area contributed by atoms with Crippen LogP contribution in [0.5, 0.6) is 0 Å². The third-order valence-corrected chi connectivity index (χ3v) is 18.7. The molecule has 4 aromatic heterocycles. The van der Waals surface area contributed by atoms with E-state index < -0.39 is 60.0 Å². The first-order valence-electron chi connectivity index (χ1n) is 36.9. The van der Waals surface area contributed by atoms with E-state index in [1.165, 1.54) is 30.6 Å². The number of carbonyl (C=O) groups excluding carboxylic acids is 7. The Morgan fingerprint density at radius 1 is 0.556 bits per heavy atom. The fraction of sp³-hybridized carbons (Fsp3) is 0.412. The fourth-order valence-electron chi connectivity index (χ4n) is 12.3. The summed E-state index contributed by atoms with van der Waals surface area (Å²) < 4.78 is 11.1. The van der Waals surface area contributed by atoms with Gasteiger partial charge in [-0.3, -0.25) is 38.1 Å². The van der Waals surface area contributed by atoms with Gasteiger partial charge in [-0.05, 0) is 109 Å². The van der Waals surface area contributed by atoms with Gasteiger partial charge in [-0.2, -0.15) is 0 Å². The summed E-state index contributed by atoms with van der Waals surface area (Å²) in [4.78, 5) is 104. The molecule has 9 heterocycles. The molecule has 14 rings (SSSR count). The molecule has 6 amide bonds. The van der Waals surface area contributed by atoms with Crippen molar-refractivity contribution in [3.05, 3.63) is 219 Å². The van der Waals surface area contributed by atoms with Gasteiger partial charge >= 0.3 is 5.97 Å². The van der Waals surface area contributed by atoms with Gasteiger partial charge in [0.2, 0.25) is 0 Å². The van der Waals surface area contributed by atoms with Crippen LogP contribution in [-0.2, 0) is 76.3 Å². The van der Waals surface area contributed by atoms with Crippen molar-refractivity contribution in [1.82, 2.24) is 66.3 Å². The van der Waals surface area contributed by atoms with Gasteiger partial charge in [-0.1, -0.05) is 146 Å². The number of nitrogens with one attached hydrogen (secondary N) is 4. The summed E-state index contributed by atoms with van der Waals surface area (Å²) >= 11 is 0. The topological polar surface area (TPSA) is 329 Å². The van der Waals surface area contributed by atoms with E-state index in [2.05, 4.69) is 143 Å². The molecule has 8 bridgehead atoms. The molecule has 2 unspecified atom stereocenters. The van der Waals surface area contributed by atoms with E-state index in [1.807, 2.05) is 76.4 Å². The highest BCUT2D eigenvalue weighted by atomic mass is 16.7. The second-order valence-corrected chi connectivity index (χ2v) is 28.5. The van der Waals surface area contributed by atoms with Gasteiger partial charge < -0.3 is 59.8 Å². The molecule has 5 aliphatic heterocycles. The van der Waals surface area contributed by atoms with E-state index in [9.17, 15) is 43.8 Å². The summed E-state index contributed by atoms with van der Waals surface area (Å²) in [6.45, 7) is 19.4. The van der Waals surface area contributed by atoms with Gasteiger partial charge in [0, 0.05) is 76.6 Å². The van der Waals surface area contributed by atoms with Crippen molar-refractivity contribution < 1.29 is 62.3 Å². The molecule has 1 fully saturated rings. The molecule has 108 heavy (non-hydrogen) atoms. The van der Waals surface area contributed by atoms with Crippen molar-refractivity contribution >= 4 is 58.4 Å². The van der Waals surface area contributed by atoms with Gasteiger partial charge in [-0.15, -0.1) is 21.0 Å². The lowest BCUT2D eigenvalue weighted by Gasteiger charge is -2.49. The minimum Gasteiger partial charge on any atom is -0.875 e. The molecule has 0 spiro atoms. The van der Waals surface area contributed by atoms with Crippen LogP contribution in [0, 0.1) is 12.8 Å². The Labute approximate surface area is 631 Å². The van der Waals surface area contributed by atoms with Crippen LogP contribution in [0.15, 0.2) is 152 Å². The zero-order chi connectivity index (χ0) is 77.3. The molecule has 4 aromatic carbocycles. The van der Waals surface area contributed by atoms with Crippen molar-refractivity contribution in [2.75, 3.05) is 90.5 Å². The molecule has 28 nitrogen and oxygen atoms in total. The van der Waals surface area contributed by atoms with Crippen molar-refractivity contribution in [3.8, 4) is 0 Å². The molecule has 1 aliphatic carbocycles. The van der Waals surface area contributed by atoms with Crippen molar-refractivity contribution in [3.63, 3.8) is 0 Å². The fourth-order valence-corrected chi connectivity index (χ4v) is 12.3. The number of unbranched alkanes of at least 4 members (excludes halogenated alkanes) is 2. The number of aromatic nitrogens is 8. The summed E-state index contributed by atoms with van der Waals surface area (Å²) in [5, 5.41) is 53.6. The normalized spacial score (nSPS) is 15.6. The number of benzene rings is 4. The summed E-state index contributed by atoms with van der Waals surface area (Å²) in [6.07, 6.45) is 7.86. The standard InChI is InChI=1S/C30H42N6O7.C30H26N6O4.C20H34N5/c1-5-6-16-36(3,4)19-23-18-34(32-31-23)14-13-33(15-17-42-20-27(39)43-35-25(37)11-12-26(35)38)24-9-7-22(8-10-24)28-29(40)21(2)30(28)41;37-27-23-3-1-4-24(35-23)28(38)32-16-20-9-13-22(14-10-20)18-34-30(40)26-6-2-5-25(36-26)29(39)33-17-21-11-7-19(8-12-21)15-31-27;1-6-8-15-25(4,5)17-19-16-24(22-21-19)14-13-23(7-2)20-11-9-18(3)10-12-20/h7-10,18,21,29,41H,5-6,11-17,19-20H2,1-4H3;1-14H,15-18H2,(H,31,37)(H,32,38)(H,33,39)(H,34,40);9-12,16H,6-8,13-15,17H2,1-5H3/q;;+1/p-1. The Kier molecular flexibility index (Phi) is 29.2. The first-order valence-corrected chi connectivity index (χ1v) is 36.9. The molecule has 6 aliphatic rings. The Morgan fingerprint density at radius 2 is 0.954 bits per heavy atom. The number of hydrogen-bond donors (Lipinski definition) is 4. The smallest absolute Gasteiger partial charge is 0.358 e. The maximum absolute atomic E-state index is 12.7. The summed E-state index contributed by atoms with van der Waals surface area (Å²) in [5.41, 5.74) is 10.3. The number of carbonyl (C=O) groups is 7. The molecular weight excluding hydrogens is 1370 g/mol. The predicted molar refractivity (Wildman–Crippen MR) is 403 cm³/mol. The molecule has 0 radical (unpaired) electrons. The maximum Gasteiger partial charge on any atom is 0.358 e. The third-order valence-electron chi connectivity index (χ3n) is 18.7. The van der Waals surface area contributed by atoms with Crippen LogP contribution in [0.2, 0.25) is 0 Å². The number of anilines is 2. The quantitative estimate of drug-likeness (QED) is 0.0265. The van der Waals surface area contributed by atoms with Crippen LogP contribution in [0.4, 0.5) is 11.4 Å². The number of aryl methyl sites for hydroxylation is 1. The van der Waals surface area contributed by atoms with E-state index in [-0.39, 0.29) is 74.2 Å². The maximum atomic E-state index is 12.7. The summed E-state index contributed by atoms with van der Waals surface area (Å²) in [6, 6.07) is 40.2. The SMILES string of the molecule is CCCC[N+](C)(C)Cc1cn(CCN(CC)c2ccc(C)cc2)nn1.CCCC[N+](C)(C)Cc1cn(CCN(CCOCC(=O)ON2C(=O)CCC2=O)c2ccc(C3=C([O-])C(C)C3[O-])cc2)nn1.O=C1NCc2ccc(cc2)CNC(=O)c2cccc(n2)C(=O)NCc2ccc(cc2)CNC(=O)c2cccc1n2. The van der Waals surface area contributed by atoms with Crippen molar-refractivity contribution in [2.45, 2.75) is 132 Å². The summed E-state index contributed by atoms with van der Waals surface area (Å²) in [5.74, 6) is -4.14. The molecule has 572 valence electrons. The number of imide groups is 1. The van der Waals surface area contributed by atoms with Crippen LogP contribution in [-0.4, -0.2) is 182 Å².